The van der Waals surface area contributed by atoms with E-state index in [1.807, 2.05) is 51.1 Å². The van der Waals surface area contributed by atoms with Crippen LogP contribution in [-0.4, -0.2) is 34.4 Å². The van der Waals surface area contributed by atoms with Crippen molar-refractivity contribution >= 4 is 9.84 Å². The van der Waals surface area contributed by atoms with Gasteiger partial charge in [0.05, 0.1) is 5.69 Å². The zero-order valence-corrected chi connectivity index (χ0v) is 21.7. The van der Waals surface area contributed by atoms with Gasteiger partial charge in [0.1, 0.15) is 11.5 Å². The SMILES string of the molecule is Cc1cc(C)c(-n2nc(CS(C)(=O)=O)nc2-c2ccnc(Oc3ccc(C(C)C)cc3)c2)c(C)c1. The second-order valence-electron chi connectivity index (χ2n) is 9.29. The molecule has 0 bridgehead atoms. The van der Waals surface area contributed by atoms with Crippen LogP contribution in [0.4, 0.5) is 0 Å². The van der Waals surface area contributed by atoms with Gasteiger partial charge in [-0.05, 0) is 61.6 Å². The number of rotatable bonds is 7. The van der Waals surface area contributed by atoms with E-state index in [2.05, 4.69) is 41.0 Å². The second-order valence-corrected chi connectivity index (χ2v) is 11.4. The zero-order valence-electron chi connectivity index (χ0n) is 20.9. The van der Waals surface area contributed by atoms with Crippen molar-refractivity contribution in [3.63, 3.8) is 0 Å². The number of aromatic nitrogens is 4. The van der Waals surface area contributed by atoms with Crippen molar-refractivity contribution in [2.24, 2.45) is 0 Å². The lowest BCUT2D eigenvalue weighted by Crippen LogP contribution is -2.06. The fraction of sp³-hybridized carbons (Fsp3) is 0.296. The summed E-state index contributed by atoms with van der Waals surface area (Å²) >= 11 is 0. The minimum absolute atomic E-state index is 0.241. The van der Waals surface area contributed by atoms with Gasteiger partial charge in [-0.15, -0.1) is 5.10 Å². The molecule has 7 nitrogen and oxygen atoms in total. The molecule has 0 aliphatic heterocycles. The molecule has 0 N–H and O–H groups in total. The third-order valence-corrected chi connectivity index (χ3v) is 6.43. The molecule has 0 radical (unpaired) electrons. The first-order valence-corrected chi connectivity index (χ1v) is 13.5. The minimum Gasteiger partial charge on any atom is -0.439 e. The second kappa shape index (κ2) is 9.62. The van der Waals surface area contributed by atoms with Crippen LogP contribution >= 0.6 is 0 Å². The highest BCUT2D eigenvalue weighted by molar-refractivity contribution is 7.89. The predicted octanol–water partition coefficient (Wildman–Crippen LogP) is 5.71. The minimum atomic E-state index is -3.31. The Balaban J connectivity index is 1.77. The third-order valence-electron chi connectivity index (χ3n) is 5.65. The summed E-state index contributed by atoms with van der Waals surface area (Å²) in [5.41, 5.74) is 6.02. The Bertz CT molecular complexity index is 1450. The summed E-state index contributed by atoms with van der Waals surface area (Å²) in [4.78, 5) is 8.97. The molecule has 4 rings (SSSR count). The van der Waals surface area contributed by atoms with E-state index < -0.39 is 9.84 Å². The summed E-state index contributed by atoms with van der Waals surface area (Å²) in [6.45, 7) is 10.4. The Kier molecular flexibility index (Phi) is 6.76. The highest BCUT2D eigenvalue weighted by Crippen LogP contribution is 2.30. The summed E-state index contributed by atoms with van der Waals surface area (Å²) in [7, 11) is -3.31. The van der Waals surface area contributed by atoms with Crippen LogP contribution in [0.25, 0.3) is 17.1 Å². The molecule has 2 aromatic carbocycles. The molecule has 0 saturated carbocycles. The molecule has 4 aromatic rings. The van der Waals surface area contributed by atoms with E-state index in [0.717, 1.165) is 27.9 Å². The lowest BCUT2D eigenvalue weighted by atomic mass is 10.0. The molecular formula is C27H30N4O3S. The largest absolute Gasteiger partial charge is 0.439 e. The van der Waals surface area contributed by atoms with Crippen LogP contribution in [0.3, 0.4) is 0 Å². The van der Waals surface area contributed by atoms with Gasteiger partial charge in [0, 0.05) is 24.1 Å². The van der Waals surface area contributed by atoms with Crippen LogP contribution in [0.15, 0.2) is 54.7 Å². The fourth-order valence-corrected chi connectivity index (χ4v) is 4.74. The first kappa shape index (κ1) is 24.6. The van der Waals surface area contributed by atoms with E-state index in [0.29, 0.717) is 23.4 Å². The van der Waals surface area contributed by atoms with Crippen molar-refractivity contribution in [1.82, 2.24) is 19.7 Å². The van der Waals surface area contributed by atoms with Crippen molar-refractivity contribution < 1.29 is 13.2 Å². The summed E-state index contributed by atoms with van der Waals surface area (Å²) in [6.07, 6.45) is 2.83. The molecule has 35 heavy (non-hydrogen) atoms. The number of pyridine rings is 1. The van der Waals surface area contributed by atoms with Crippen molar-refractivity contribution in [3.05, 3.63) is 82.8 Å². The molecule has 0 unspecified atom stereocenters. The van der Waals surface area contributed by atoms with E-state index in [9.17, 15) is 8.42 Å². The fourth-order valence-electron chi connectivity index (χ4n) is 4.15. The number of aryl methyl sites for hydroxylation is 3. The Hall–Kier alpha value is -3.52. The molecule has 0 atom stereocenters. The smallest absolute Gasteiger partial charge is 0.219 e. The first-order valence-electron chi connectivity index (χ1n) is 11.5. The normalized spacial score (nSPS) is 11.7. The van der Waals surface area contributed by atoms with Crippen LogP contribution < -0.4 is 4.74 Å². The molecule has 2 heterocycles. The van der Waals surface area contributed by atoms with E-state index in [4.69, 9.17) is 4.74 Å². The molecule has 182 valence electrons. The Morgan fingerprint density at radius 1 is 0.971 bits per heavy atom. The molecule has 0 aliphatic carbocycles. The average molecular weight is 491 g/mol. The number of nitrogens with zero attached hydrogens (tertiary/aromatic N) is 4. The Morgan fingerprint density at radius 2 is 1.63 bits per heavy atom. The van der Waals surface area contributed by atoms with E-state index in [-0.39, 0.29) is 11.6 Å². The molecule has 8 heteroatoms. The maximum Gasteiger partial charge on any atom is 0.219 e. The molecule has 0 fully saturated rings. The zero-order chi connectivity index (χ0) is 25.3. The van der Waals surface area contributed by atoms with Crippen LogP contribution in [0.1, 0.15) is 47.8 Å². The number of hydrogen-bond acceptors (Lipinski definition) is 6. The molecular weight excluding hydrogens is 460 g/mol. The van der Waals surface area contributed by atoms with Gasteiger partial charge >= 0.3 is 0 Å². The summed E-state index contributed by atoms with van der Waals surface area (Å²) in [5, 5.41) is 4.60. The van der Waals surface area contributed by atoms with Gasteiger partial charge in [-0.3, -0.25) is 0 Å². The maximum absolute atomic E-state index is 12.0. The van der Waals surface area contributed by atoms with Gasteiger partial charge in [-0.1, -0.05) is 43.7 Å². The van der Waals surface area contributed by atoms with Gasteiger partial charge in [-0.25, -0.2) is 23.1 Å². The quantitative estimate of drug-likeness (QED) is 0.330. The van der Waals surface area contributed by atoms with E-state index in [1.54, 1.807) is 16.9 Å². The van der Waals surface area contributed by atoms with Crippen LogP contribution in [0.2, 0.25) is 0 Å². The predicted molar refractivity (Wildman–Crippen MR) is 138 cm³/mol. The van der Waals surface area contributed by atoms with Gasteiger partial charge in [0.25, 0.3) is 0 Å². The van der Waals surface area contributed by atoms with Gasteiger partial charge in [0.2, 0.25) is 5.88 Å². The Labute approximate surface area is 206 Å². The molecule has 0 aliphatic rings. The van der Waals surface area contributed by atoms with Gasteiger partial charge in [0.15, 0.2) is 21.5 Å². The summed E-state index contributed by atoms with van der Waals surface area (Å²) in [6, 6.07) is 15.7. The van der Waals surface area contributed by atoms with E-state index >= 15 is 0 Å². The average Bonchev–Trinajstić information content (AvgIpc) is 3.15. The monoisotopic (exact) mass is 490 g/mol. The van der Waals surface area contributed by atoms with Gasteiger partial charge in [-0.2, -0.15) is 0 Å². The molecule has 0 saturated heterocycles. The maximum atomic E-state index is 12.0. The van der Waals surface area contributed by atoms with Crippen molar-refractivity contribution in [2.45, 2.75) is 46.3 Å². The highest BCUT2D eigenvalue weighted by Gasteiger charge is 2.20. The van der Waals surface area contributed by atoms with Crippen molar-refractivity contribution in [2.75, 3.05) is 6.26 Å². The lowest BCUT2D eigenvalue weighted by Gasteiger charge is -2.14. The number of sulfone groups is 1. The number of ether oxygens (including phenoxy) is 1. The van der Waals surface area contributed by atoms with Crippen LogP contribution in [0.5, 0.6) is 11.6 Å². The number of benzene rings is 2. The van der Waals surface area contributed by atoms with Crippen LogP contribution in [0, 0.1) is 20.8 Å². The molecule has 2 aromatic heterocycles. The topological polar surface area (TPSA) is 87.0 Å². The van der Waals surface area contributed by atoms with Crippen molar-refractivity contribution in [3.8, 4) is 28.7 Å². The third kappa shape index (κ3) is 5.77. The molecule has 0 spiro atoms. The first-order chi connectivity index (χ1) is 16.5. The molecule has 0 amide bonds. The Morgan fingerprint density at radius 3 is 2.23 bits per heavy atom. The van der Waals surface area contributed by atoms with Crippen molar-refractivity contribution in [1.29, 1.82) is 0 Å². The van der Waals surface area contributed by atoms with Gasteiger partial charge < -0.3 is 4.74 Å². The van der Waals surface area contributed by atoms with Crippen LogP contribution in [-0.2, 0) is 15.6 Å². The summed E-state index contributed by atoms with van der Waals surface area (Å²) < 4.78 is 31.7. The standard InChI is InChI=1S/C27H30N4O3S/c1-17(2)21-7-9-23(10-8-21)34-25-15-22(11-12-28-25)27-29-24(16-35(6,32)33)30-31(27)26-19(4)13-18(3)14-20(26)5/h7-15,17H,16H2,1-6H3. The highest BCUT2D eigenvalue weighted by atomic mass is 32.2. The van der Waals surface area contributed by atoms with E-state index in [1.165, 1.54) is 11.8 Å². The lowest BCUT2D eigenvalue weighted by molar-refractivity contribution is 0.463. The number of hydrogen-bond donors (Lipinski definition) is 0. The summed E-state index contributed by atoms with van der Waals surface area (Å²) in [5.74, 6) is 2.06.